The van der Waals surface area contributed by atoms with Crippen molar-refractivity contribution in [1.29, 1.82) is 0 Å². The molecule has 0 unspecified atom stereocenters. The third-order valence-corrected chi connectivity index (χ3v) is 4.56. The molecule has 28 heavy (non-hydrogen) atoms. The highest BCUT2D eigenvalue weighted by molar-refractivity contribution is 7.13. The van der Waals surface area contributed by atoms with Gasteiger partial charge in [0, 0.05) is 12.1 Å². The molecule has 0 fully saturated rings. The number of hydrogen-bond donors (Lipinski definition) is 1. The highest BCUT2D eigenvalue weighted by Gasteiger charge is 2.21. The lowest BCUT2D eigenvalue weighted by molar-refractivity contribution is -0.133. The first-order valence-electron chi connectivity index (χ1n) is 9.31. The molecule has 0 saturated carbocycles. The summed E-state index contributed by atoms with van der Waals surface area (Å²) in [6.45, 7) is 8.92. The van der Waals surface area contributed by atoms with Crippen LogP contribution in [0.25, 0.3) is 10.8 Å². The predicted molar refractivity (Wildman–Crippen MR) is 109 cm³/mol. The number of aromatic nitrogens is 2. The van der Waals surface area contributed by atoms with E-state index in [1.807, 2.05) is 45.2 Å². The van der Waals surface area contributed by atoms with Gasteiger partial charge in [-0.3, -0.25) is 14.5 Å². The Morgan fingerprint density at radius 2 is 2.00 bits per heavy atom. The van der Waals surface area contributed by atoms with Gasteiger partial charge < -0.3 is 14.6 Å². The number of thiophene rings is 1. The third kappa shape index (κ3) is 7.05. The lowest BCUT2D eigenvalue weighted by atomic mass is 10.1. The number of nitrogens with one attached hydrogen (secondary N) is 1. The van der Waals surface area contributed by atoms with E-state index < -0.39 is 0 Å². The molecular weight excluding hydrogens is 378 g/mol. The average Bonchev–Trinajstić information content (AvgIpc) is 3.23. The number of amides is 2. The largest absolute Gasteiger partial charge is 0.418 e. The normalized spacial score (nSPS) is 11.6. The van der Waals surface area contributed by atoms with Crippen LogP contribution in [0.3, 0.4) is 0 Å². The summed E-state index contributed by atoms with van der Waals surface area (Å²) in [5.41, 5.74) is -0.297. The zero-order valence-corrected chi connectivity index (χ0v) is 18.0. The van der Waals surface area contributed by atoms with Crippen molar-refractivity contribution in [2.24, 2.45) is 0 Å². The van der Waals surface area contributed by atoms with Crippen LogP contribution in [-0.4, -0.2) is 64.0 Å². The van der Waals surface area contributed by atoms with Gasteiger partial charge in [-0.25, -0.2) is 0 Å². The fourth-order valence-electron chi connectivity index (χ4n) is 2.63. The van der Waals surface area contributed by atoms with Gasteiger partial charge in [0.15, 0.2) is 0 Å². The molecule has 0 spiro atoms. The van der Waals surface area contributed by atoms with Gasteiger partial charge in [-0.05, 0) is 45.7 Å². The number of likely N-dealkylation sites (N-methyl/N-ethyl adjacent to an activating group) is 1. The smallest absolute Gasteiger partial charge is 0.257 e. The van der Waals surface area contributed by atoms with Gasteiger partial charge in [0.05, 0.1) is 24.5 Å². The van der Waals surface area contributed by atoms with E-state index in [1.54, 1.807) is 16.8 Å². The van der Waals surface area contributed by atoms with Crippen molar-refractivity contribution in [3.63, 3.8) is 0 Å². The molecule has 9 heteroatoms. The Labute approximate surface area is 169 Å². The quantitative estimate of drug-likeness (QED) is 0.686. The van der Waals surface area contributed by atoms with Crippen molar-refractivity contribution in [2.75, 3.05) is 26.7 Å². The number of hydrogen-bond acceptors (Lipinski definition) is 7. The summed E-state index contributed by atoms with van der Waals surface area (Å²) in [4.78, 5) is 29.0. The summed E-state index contributed by atoms with van der Waals surface area (Å²) >= 11 is 1.52. The second kappa shape index (κ2) is 9.79. The Bertz CT molecular complexity index is 767. The van der Waals surface area contributed by atoms with Gasteiger partial charge >= 0.3 is 0 Å². The van der Waals surface area contributed by atoms with Crippen LogP contribution >= 0.6 is 11.3 Å². The zero-order chi connectivity index (χ0) is 20.7. The third-order valence-electron chi connectivity index (χ3n) is 3.70. The summed E-state index contributed by atoms with van der Waals surface area (Å²) < 4.78 is 5.70. The topological polar surface area (TPSA) is 91.6 Å². The molecule has 0 aliphatic rings. The van der Waals surface area contributed by atoms with Gasteiger partial charge in [0.2, 0.25) is 17.7 Å². The Kier molecular flexibility index (Phi) is 7.70. The molecule has 8 nitrogen and oxygen atoms in total. The lowest BCUT2D eigenvalue weighted by Crippen LogP contribution is -2.47. The summed E-state index contributed by atoms with van der Waals surface area (Å²) in [5, 5.41) is 13.0. The van der Waals surface area contributed by atoms with E-state index in [-0.39, 0.29) is 37.0 Å². The maximum atomic E-state index is 12.7. The molecule has 0 saturated heterocycles. The molecule has 154 valence electrons. The standard InChI is InChI=1S/C19H29N5O3S/c1-6-9-24(12-16-21-22-18(27-16)14-8-7-10-28-14)17(26)13-23(5)11-15(25)20-19(2,3)4/h7-8,10H,6,9,11-13H2,1-5H3,(H,20,25). The molecule has 2 rings (SSSR count). The van der Waals surface area contributed by atoms with Crippen molar-refractivity contribution in [3.05, 3.63) is 23.4 Å². The Morgan fingerprint density at radius 3 is 2.61 bits per heavy atom. The fourth-order valence-corrected chi connectivity index (χ4v) is 3.28. The molecule has 0 aromatic carbocycles. The summed E-state index contributed by atoms with van der Waals surface area (Å²) in [6, 6.07) is 3.83. The van der Waals surface area contributed by atoms with Gasteiger partial charge in [0.1, 0.15) is 0 Å². The molecule has 1 N–H and O–H groups in total. The van der Waals surface area contributed by atoms with E-state index in [1.165, 1.54) is 11.3 Å². The number of carbonyl (C=O) groups excluding carboxylic acids is 2. The van der Waals surface area contributed by atoms with Crippen molar-refractivity contribution >= 4 is 23.2 Å². The van der Waals surface area contributed by atoms with Crippen LogP contribution in [0.1, 0.15) is 40.0 Å². The van der Waals surface area contributed by atoms with Gasteiger partial charge in [-0.15, -0.1) is 21.5 Å². The monoisotopic (exact) mass is 407 g/mol. The SMILES string of the molecule is CCCN(Cc1nnc(-c2cccs2)o1)C(=O)CN(C)CC(=O)NC(C)(C)C. The molecule has 0 aliphatic heterocycles. The molecule has 2 amide bonds. The molecule has 2 aromatic rings. The highest BCUT2D eigenvalue weighted by atomic mass is 32.1. The second-order valence-electron chi connectivity index (χ2n) is 7.76. The summed E-state index contributed by atoms with van der Waals surface area (Å²) in [6.07, 6.45) is 0.811. The molecular formula is C19H29N5O3S. The van der Waals surface area contributed by atoms with Crippen LogP contribution in [0.15, 0.2) is 21.9 Å². The molecule has 2 aromatic heterocycles. The van der Waals surface area contributed by atoms with Crippen LogP contribution in [0.2, 0.25) is 0 Å². The van der Waals surface area contributed by atoms with Crippen molar-refractivity contribution in [1.82, 2.24) is 25.3 Å². The molecule has 0 radical (unpaired) electrons. The van der Waals surface area contributed by atoms with E-state index in [9.17, 15) is 9.59 Å². The minimum absolute atomic E-state index is 0.0798. The van der Waals surface area contributed by atoms with Crippen molar-refractivity contribution in [2.45, 2.75) is 46.2 Å². The Hall–Kier alpha value is -2.26. The minimum Gasteiger partial charge on any atom is -0.418 e. The van der Waals surface area contributed by atoms with Crippen LogP contribution in [0.5, 0.6) is 0 Å². The maximum Gasteiger partial charge on any atom is 0.257 e. The number of carbonyl (C=O) groups is 2. The highest BCUT2D eigenvalue weighted by Crippen LogP contribution is 2.23. The van der Waals surface area contributed by atoms with Crippen LogP contribution < -0.4 is 5.32 Å². The molecule has 2 heterocycles. The van der Waals surface area contributed by atoms with Crippen LogP contribution in [0, 0.1) is 0 Å². The number of rotatable bonds is 9. The fraction of sp³-hybridized carbons (Fsp3) is 0.579. The van der Waals surface area contributed by atoms with Gasteiger partial charge in [-0.2, -0.15) is 0 Å². The van der Waals surface area contributed by atoms with E-state index in [0.717, 1.165) is 11.3 Å². The van der Waals surface area contributed by atoms with E-state index >= 15 is 0 Å². The predicted octanol–water partition coefficient (Wildman–Crippen LogP) is 2.38. The Balaban J connectivity index is 1.93. The van der Waals surface area contributed by atoms with E-state index in [0.29, 0.717) is 18.3 Å². The van der Waals surface area contributed by atoms with Crippen LogP contribution in [0.4, 0.5) is 0 Å². The van der Waals surface area contributed by atoms with E-state index in [4.69, 9.17) is 4.42 Å². The second-order valence-corrected chi connectivity index (χ2v) is 8.71. The first-order valence-corrected chi connectivity index (χ1v) is 10.2. The van der Waals surface area contributed by atoms with Gasteiger partial charge in [0.25, 0.3) is 5.89 Å². The lowest BCUT2D eigenvalue weighted by Gasteiger charge is -2.25. The molecule has 0 bridgehead atoms. The maximum absolute atomic E-state index is 12.7. The molecule has 0 atom stereocenters. The summed E-state index contributed by atoms with van der Waals surface area (Å²) in [5.74, 6) is 0.675. The first kappa shape index (κ1) is 22.0. The first-order chi connectivity index (χ1) is 13.2. The number of nitrogens with zero attached hydrogens (tertiary/aromatic N) is 4. The van der Waals surface area contributed by atoms with Crippen molar-refractivity contribution in [3.8, 4) is 10.8 Å². The zero-order valence-electron chi connectivity index (χ0n) is 17.2. The van der Waals surface area contributed by atoms with Crippen LogP contribution in [-0.2, 0) is 16.1 Å². The van der Waals surface area contributed by atoms with E-state index in [2.05, 4.69) is 15.5 Å². The minimum atomic E-state index is -0.297. The average molecular weight is 408 g/mol. The Morgan fingerprint density at radius 1 is 1.25 bits per heavy atom. The summed E-state index contributed by atoms with van der Waals surface area (Å²) in [7, 11) is 1.76. The van der Waals surface area contributed by atoms with Crippen molar-refractivity contribution < 1.29 is 14.0 Å². The van der Waals surface area contributed by atoms with Gasteiger partial charge in [-0.1, -0.05) is 13.0 Å². The molecule has 0 aliphatic carbocycles.